The number of rotatable bonds is 4. The quantitative estimate of drug-likeness (QED) is 0.486. The van der Waals surface area contributed by atoms with Crippen molar-refractivity contribution in [3.05, 3.63) is 43.2 Å². The van der Waals surface area contributed by atoms with Crippen LogP contribution in [0.2, 0.25) is 0 Å². The Kier molecular flexibility index (Phi) is 7.49. The molecule has 15 heavy (non-hydrogen) atoms. The molecule has 0 aliphatic rings. The first-order valence-corrected chi connectivity index (χ1v) is 6.08. The first kappa shape index (κ1) is 13.8. The lowest BCUT2D eigenvalue weighted by atomic mass is 10.3. The lowest BCUT2D eigenvalue weighted by molar-refractivity contribution is 0.481. The average Bonchev–Trinajstić information content (AvgIpc) is 2.20. The van der Waals surface area contributed by atoms with Crippen LogP contribution >= 0.6 is 0 Å². The summed E-state index contributed by atoms with van der Waals surface area (Å²) >= 11 is 0. The number of nitrogens with zero attached hydrogens (tertiary/aromatic N) is 1. The standard InChI is InChI=1S/C5H5N.C5H10O3S/c1-2-4-6-5-3-1;1-2-3-4-5-9(6,7)8/h1-5H;2H,1,3-5H2,(H,6,7,8). The van der Waals surface area contributed by atoms with Gasteiger partial charge in [0, 0.05) is 12.4 Å². The van der Waals surface area contributed by atoms with Crippen molar-refractivity contribution in [3.63, 3.8) is 0 Å². The van der Waals surface area contributed by atoms with E-state index in [-0.39, 0.29) is 5.75 Å². The van der Waals surface area contributed by atoms with Gasteiger partial charge in [-0.15, -0.1) is 6.58 Å². The first-order valence-electron chi connectivity index (χ1n) is 4.47. The van der Waals surface area contributed by atoms with Gasteiger partial charge in [-0.25, -0.2) is 0 Å². The zero-order valence-corrected chi connectivity index (χ0v) is 9.23. The number of allylic oxidation sites excluding steroid dienone is 1. The van der Waals surface area contributed by atoms with Gasteiger partial charge in [-0.3, -0.25) is 9.54 Å². The summed E-state index contributed by atoms with van der Waals surface area (Å²) < 4.78 is 28.2. The highest BCUT2D eigenvalue weighted by atomic mass is 32.2. The van der Waals surface area contributed by atoms with E-state index in [0.29, 0.717) is 12.8 Å². The number of unbranched alkanes of at least 4 members (excludes halogenated alkanes) is 1. The minimum absolute atomic E-state index is 0.168. The molecule has 5 heteroatoms. The molecule has 1 rings (SSSR count). The van der Waals surface area contributed by atoms with Crippen molar-refractivity contribution in [2.75, 3.05) is 5.75 Å². The maximum atomic E-state index is 10.0. The van der Waals surface area contributed by atoms with Gasteiger partial charge >= 0.3 is 0 Å². The van der Waals surface area contributed by atoms with Crippen LogP contribution in [-0.2, 0) is 10.1 Å². The molecule has 0 radical (unpaired) electrons. The molecule has 1 aromatic rings. The largest absolute Gasteiger partial charge is 0.286 e. The lowest BCUT2D eigenvalue weighted by Crippen LogP contribution is -2.02. The molecule has 0 bridgehead atoms. The normalized spacial score (nSPS) is 9.93. The predicted molar refractivity (Wildman–Crippen MR) is 60.1 cm³/mol. The Morgan fingerprint density at radius 2 is 1.87 bits per heavy atom. The zero-order chi connectivity index (χ0) is 11.6. The van der Waals surface area contributed by atoms with Gasteiger partial charge in [-0.1, -0.05) is 12.1 Å². The van der Waals surface area contributed by atoms with E-state index < -0.39 is 10.1 Å². The van der Waals surface area contributed by atoms with E-state index in [9.17, 15) is 8.42 Å². The molecule has 0 aromatic carbocycles. The van der Waals surface area contributed by atoms with Crippen LogP contribution in [-0.4, -0.2) is 23.7 Å². The topological polar surface area (TPSA) is 67.3 Å². The summed E-state index contributed by atoms with van der Waals surface area (Å²) in [4.78, 5) is 3.78. The van der Waals surface area contributed by atoms with E-state index in [4.69, 9.17) is 4.55 Å². The Bertz CT molecular complexity index is 321. The molecule has 1 N–H and O–H groups in total. The average molecular weight is 229 g/mol. The molecule has 0 aliphatic heterocycles. The Labute approximate surface area is 90.4 Å². The van der Waals surface area contributed by atoms with E-state index in [1.54, 1.807) is 18.5 Å². The number of pyridine rings is 1. The third-order valence-electron chi connectivity index (χ3n) is 1.38. The van der Waals surface area contributed by atoms with Gasteiger partial charge in [-0.05, 0) is 25.0 Å². The second kappa shape index (κ2) is 8.14. The van der Waals surface area contributed by atoms with Gasteiger partial charge in [0.05, 0.1) is 5.75 Å². The second-order valence-electron chi connectivity index (χ2n) is 2.74. The molecule has 0 fully saturated rings. The van der Waals surface area contributed by atoms with Gasteiger partial charge in [0.25, 0.3) is 10.1 Å². The Balaban J connectivity index is 0.000000280. The molecule has 0 atom stereocenters. The first-order chi connectivity index (χ1) is 7.06. The van der Waals surface area contributed by atoms with Crippen LogP contribution in [0.4, 0.5) is 0 Å². The van der Waals surface area contributed by atoms with E-state index in [1.807, 2.05) is 18.2 Å². The van der Waals surface area contributed by atoms with Crippen molar-refractivity contribution in [1.82, 2.24) is 4.98 Å². The Hall–Kier alpha value is -1.20. The van der Waals surface area contributed by atoms with Crippen LogP contribution in [0.5, 0.6) is 0 Å². The molecule has 1 heterocycles. The maximum Gasteiger partial charge on any atom is 0.264 e. The molecule has 4 nitrogen and oxygen atoms in total. The van der Waals surface area contributed by atoms with Crippen LogP contribution < -0.4 is 0 Å². The van der Waals surface area contributed by atoms with E-state index in [2.05, 4.69) is 11.6 Å². The molecule has 0 unspecified atom stereocenters. The van der Waals surface area contributed by atoms with Crippen LogP contribution in [0.25, 0.3) is 0 Å². The van der Waals surface area contributed by atoms with Crippen molar-refractivity contribution in [1.29, 1.82) is 0 Å². The van der Waals surface area contributed by atoms with Crippen molar-refractivity contribution in [3.8, 4) is 0 Å². The monoisotopic (exact) mass is 229 g/mol. The molecule has 0 amide bonds. The fourth-order valence-corrected chi connectivity index (χ4v) is 1.25. The van der Waals surface area contributed by atoms with Crippen molar-refractivity contribution in [2.45, 2.75) is 12.8 Å². The summed E-state index contributed by atoms with van der Waals surface area (Å²) in [5.41, 5.74) is 0. The van der Waals surface area contributed by atoms with Crippen molar-refractivity contribution < 1.29 is 13.0 Å². The third kappa shape index (κ3) is 12.8. The highest BCUT2D eigenvalue weighted by molar-refractivity contribution is 7.85. The highest BCUT2D eigenvalue weighted by Crippen LogP contribution is 1.93. The Morgan fingerprint density at radius 1 is 1.27 bits per heavy atom. The number of hydrogen-bond donors (Lipinski definition) is 1. The van der Waals surface area contributed by atoms with Gasteiger partial charge < -0.3 is 0 Å². The summed E-state index contributed by atoms with van der Waals surface area (Å²) in [7, 11) is -3.74. The summed E-state index contributed by atoms with van der Waals surface area (Å²) in [6.45, 7) is 3.40. The molecule has 84 valence electrons. The van der Waals surface area contributed by atoms with Gasteiger partial charge in [-0.2, -0.15) is 8.42 Å². The number of aromatic nitrogens is 1. The summed E-state index contributed by atoms with van der Waals surface area (Å²) in [5.74, 6) is -0.168. The van der Waals surface area contributed by atoms with E-state index >= 15 is 0 Å². The fourth-order valence-electron chi connectivity index (χ4n) is 0.723. The molecule has 0 aliphatic carbocycles. The van der Waals surface area contributed by atoms with Crippen LogP contribution in [0, 0.1) is 0 Å². The second-order valence-corrected chi connectivity index (χ2v) is 4.31. The molecule has 0 spiro atoms. The molecule has 0 saturated heterocycles. The molecular weight excluding hydrogens is 214 g/mol. The summed E-state index contributed by atoms with van der Waals surface area (Å²) in [5, 5.41) is 0. The van der Waals surface area contributed by atoms with Gasteiger partial charge in [0.2, 0.25) is 0 Å². The molecule has 0 saturated carbocycles. The summed E-state index contributed by atoms with van der Waals surface area (Å²) in [6.07, 6.45) is 6.19. The van der Waals surface area contributed by atoms with Crippen molar-refractivity contribution >= 4 is 10.1 Å². The molecular formula is C10H15NO3S. The minimum atomic E-state index is -3.74. The van der Waals surface area contributed by atoms with Crippen LogP contribution in [0.15, 0.2) is 43.2 Å². The van der Waals surface area contributed by atoms with Gasteiger partial charge in [0.1, 0.15) is 0 Å². The predicted octanol–water partition coefficient (Wildman–Crippen LogP) is 1.92. The van der Waals surface area contributed by atoms with E-state index in [0.717, 1.165) is 0 Å². The minimum Gasteiger partial charge on any atom is -0.286 e. The maximum absolute atomic E-state index is 10.0. The van der Waals surface area contributed by atoms with E-state index in [1.165, 1.54) is 0 Å². The van der Waals surface area contributed by atoms with Gasteiger partial charge in [0.15, 0.2) is 0 Å². The zero-order valence-electron chi connectivity index (χ0n) is 8.41. The third-order valence-corrected chi connectivity index (χ3v) is 2.18. The Morgan fingerprint density at radius 3 is 2.13 bits per heavy atom. The smallest absolute Gasteiger partial charge is 0.264 e. The number of hydrogen-bond acceptors (Lipinski definition) is 3. The lowest BCUT2D eigenvalue weighted by Gasteiger charge is -1.91. The summed E-state index contributed by atoms with van der Waals surface area (Å²) in [6, 6.07) is 5.72. The van der Waals surface area contributed by atoms with Crippen molar-refractivity contribution in [2.24, 2.45) is 0 Å². The highest BCUT2D eigenvalue weighted by Gasteiger charge is 2.00. The SMILES string of the molecule is C=CCCCS(=O)(=O)O.c1ccncc1. The van der Waals surface area contributed by atoms with Crippen LogP contribution in [0.3, 0.4) is 0 Å². The molecule has 1 aromatic heterocycles. The van der Waals surface area contributed by atoms with Crippen LogP contribution in [0.1, 0.15) is 12.8 Å². The fraction of sp³-hybridized carbons (Fsp3) is 0.300.